The molecular weight excluding hydrogens is 168 g/mol. The Kier molecular flexibility index (Phi) is 2.15. The van der Waals surface area contributed by atoms with E-state index < -0.39 is 0 Å². The Morgan fingerprint density at radius 2 is 2.23 bits per heavy atom. The molecule has 4 heteroatoms. The molecule has 2 saturated heterocycles. The monoisotopic (exact) mass is 184 g/mol. The van der Waals surface area contributed by atoms with Crippen LogP contribution in [-0.4, -0.2) is 54.2 Å². The van der Waals surface area contributed by atoms with Crippen molar-refractivity contribution in [1.29, 1.82) is 0 Å². The minimum atomic E-state index is -0.131. The number of hydrogen-bond donors (Lipinski definition) is 0. The Hall–Kier alpha value is -0.770. The first-order valence-electron chi connectivity index (χ1n) is 4.86. The van der Waals surface area contributed by atoms with Gasteiger partial charge in [-0.1, -0.05) is 0 Å². The van der Waals surface area contributed by atoms with Crippen LogP contribution in [0.3, 0.4) is 0 Å². The van der Waals surface area contributed by atoms with E-state index in [1.54, 1.807) is 0 Å². The molecule has 2 fully saturated rings. The molecule has 74 valence electrons. The highest BCUT2D eigenvalue weighted by Gasteiger charge is 2.37. The summed E-state index contributed by atoms with van der Waals surface area (Å²) in [5, 5.41) is 0. The summed E-state index contributed by atoms with van der Waals surface area (Å²) in [4.78, 5) is 15.4. The topological polar surface area (TPSA) is 32.8 Å². The van der Waals surface area contributed by atoms with Crippen LogP contribution < -0.4 is 0 Å². The van der Waals surface area contributed by atoms with E-state index in [4.69, 9.17) is 4.74 Å². The lowest BCUT2D eigenvalue weighted by molar-refractivity contribution is 0.0994. The van der Waals surface area contributed by atoms with Crippen LogP contribution in [0.2, 0.25) is 0 Å². The number of ether oxygens (including phenoxy) is 1. The summed E-state index contributed by atoms with van der Waals surface area (Å²) < 4.78 is 4.99. The van der Waals surface area contributed by atoms with Crippen molar-refractivity contribution < 1.29 is 9.53 Å². The second kappa shape index (κ2) is 3.18. The van der Waals surface area contributed by atoms with E-state index in [2.05, 4.69) is 18.7 Å². The highest BCUT2D eigenvalue weighted by atomic mass is 16.6. The van der Waals surface area contributed by atoms with Crippen molar-refractivity contribution in [3.05, 3.63) is 0 Å². The van der Waals surface area contributed by atoms with Gasteiger partial charge in [0.25, 0.3) is 0 Å². The molecule has 1 amide bonds. The first-order valence-corrected chi connectivity index (χ1v) is 4.86. The Balaban J connectivity index is 1.99. The zero-order valence-corrected chi connectivity index (χ0v) is 8.19. The number of hydrogen-bond acceptors (Lipinski definition) is 3. The molecule has 2 rings (SSSR count). The zero-order chi connectivity index (χ0) is 9.42. The van der Waals surface area contributed by atoms with Crippen molar-refractivity contribution in [3.63, 3.8) is 0 Å². The van der Waals surface area contributed by atoms with Crippen LogP contribution in [0.1, 0.15) is 13.8 Å². The number of rotatable bonds is 1. The summed E-state index contributed by atoms with van der Waals surface area (Å²) in [6.07, 6.45) is -0.131. The molecule has 0 radical (unpaired) electrons. The van der Waals surface area contributed by atoms with E-state index in [9.17, 15) is 4.79 Å². The number of carbonyl (C=O) groups is 1. The third-order valence-corrected chi connectivity index (χ3v) is 2.88. The van der Waals surface area contributed by atoms with Crippen molar-refractivity contribution in [3.8, 4) is 0 Å². The largest absolute Gasteiger partial charge is 0.447 e. The Bertz CT molecular complexity index is 218. The van der Waals surface area contributed by atoms with E-state index in [1.165, 1.54) is 0 Å². The number of piperazine rings is 1. The lowest BCUT2D eigenvalue weighted by Crippen LogP contribution is -2.53. The molecule has 0 unspecified atom stereocenters. The third-order valence-electron chi connectivity index (χ3n) is 2.88. The molecule has 0 aliphatic carbocycles. The highest BCUT2D eigenvalue weighted by Crippen LogP contribution is 2.18. The maximum atomic E-state index is 11.2. The standard InChI is InChI=1S/C9H16N2O2/c1-7(2)10-3-4-11-8(5-10)6-13-9(11)12/h7-8H,3-6H2,1-2H3/t8-/m0/s1. The van der Waals surface area contributed by atoms with Crippen LogP contribution >= 0.6 is 0 Å². The van der Waals surface area contributed by atoms with Crippen LogP contribution in [0, 0.1) is 0 Å². The van der Waals surface area contributed by atoms with Gasteiger partial charge < -0.3 is 4.74 Å². The van der Waals surface area contributed by atoms with Gasteiger partial charge in [-0.15, -0.1) is 0 Å². The average Bonchev–Trinajstić information content (AvgIpc) is 2.47. The van der Waals surface area contributed by atoms with E-state index >= 15 is 0 Å². The van der Waals surface area contributed by atoms with Gasteiger partial charge in [-0.3, -0.25) is 9.80 Å². The molecule has 0 aromatic rings. The third kappa shape index (κ3) is 1.50. The molecule has 0 saturated carbocycles. The van der Waals surface area contributed by atoms with Gasteiger partial charge in [0.2, 0.25) is 0 Å². The van der Waals surface area contributed by atoms with E-state index in [-0.39, 0.29) is 6.09 Å². The van der Waals surface area contributed by atoms with Crippen LogP contribution in [0.4, 0.5) is 4.79 Å². The molecular formula is C9H16N2O2. The summed E-state index contributed by atoms with van der Waals surface area (Å²) in [6.45, 7) is 7.71. The molecule has 13 heavy (non-hydrogen) atoms. The van der Waals surface area contributed by atoms with Crippen LogP contribution in [0.15, 0.2) is 0 Å². The van der Waals surface area contributed by atoms with E-state index in [1.807, 2.05) is 4.90 Å². The smallest absolute Gasteiger partial charge is 0.410 e. The van der Waals surface area contributed by atoms with E-state index in [0.29, 0.717) is 18.7 Å². The van der Waals surface area contributed by atoms with Gasteiger partial charge in [0.15, 0.2) is 0 Å². The molecule has 2 heterocycles. The molecule has 0 aromatic carbocycles. The number of fused-ring (bicyclic) bond motifs is 1. The van der Waals surface area contributed by atoms with Gasteiger partial charge in [-0.2, -0.15) is 0 Å². The van der Waals surface area contributed by atoms with Crippen LogP contribution in [0.25, 0.3) is 0 Å². The quantitative estimate of drug-likeness (QED) is 0.596. The van der Waals surface area contributed by atoms with Gasteiger partial charge >= 0.3 is 6.09 Å². The predicted octanol–water partition coefficient (Wildman–Crippen LogP) is 0.531. The minimum Gasteiger partial charge on any atom is -0.447 e. The Labute approximate surface area is 78.4 Å². The number of nitrogens with zero attached hydrogens (tertiary/aromatic N) is 2. The van der Waals surface area contributed by atoms with Crippen molar-refractivity contribution in [2.45, 2.75) is 25.9 Å². The van der Waals surface area contributed by atoms with Gasteiger partial charge in [0.1, 0.15) is 6.61 Å². The molecule has 4 nitrogen and oxygen atoms in total. The summed E-state index contributed by atoms with van der Waals surface area (Å²) in [7, 11) is 0. The van der Waals surface area contributed by atoms with Crippen LogP contribution in [0.5, 0.6) is 0 Å². The van der Waals surface area contributed by atoms with Crippen LogP contribution in [-0.2, 0) is 4.74 Å². The fourth-order valence-corrected chi connectivity index (χ4v) is 1.98. The zero-order valence-electron chi connectivity index (χ0n) is 8.19. The van der Waals surface area contributed by atoms with Gasteiger partial charge in [0, 0.05) is 25.7 Å². The van der Waals surface area contributed by atoms with E-state index in [0.717, 1.165) is 19.6 Å². The van der Waals surface area contributed by atoms with Gasteiger partial charge in [0.05, 0.1) is 6.04 Å². The summed E-state index contributed by atoms with van der Waals surface area (Å²) in [5.41, 5.74) is 0. The molecule has 0 N–H and O–H groups in total. The van der Waals surface area contributed by atoms with Gasteiger partial charge in [-0.25, -0.2) is 4.79 Å². The lowest BCUT2D eigenvalue weighted by Gasteiger charge is -2.37. The molecule has 0 spiro atoms. The maximum absolute atomic E-state index is 11.2. The second-order valence-electron chi connectivity index (χ2n) is 4.01. The highest BCUT2D eigenvalue weighted by molar-refractivity contribution is 5.70. The van der Waals surface area contributed by atoms with Crippen molar-refractivity contribution >= 4 is 6.09 Å². The lowest BCUT2D eigenvalue weighted by atomic mass is 10.1. The minimum absolute atomic E-state index is 0.131. The first-order chi connectivity index (χ1) is 6.18. The Morgan fingerprint density at radius 3 is 2.92 bits per heavy atom. The SMILES string of the molecule is CC(C)N1CCN2C(=O)OC[C@@H]2C1. The molecule has 0 aromatic heterocycles. The van der Waals surface area contributed by atoms with Gasteiger partial charge in [-0.05, 0) is 13.8 Å². The fraction of sp³-hybridized carbons (Fsp3) is 0.889. The molecule has 0 bridgehead atoms. The fourth-order valence-electron chi connectivity index (χ4n) is 1.98. The normalized spacial score (nSPS) is 29.3. The number of carbonyl (C=O) groups excluding carboxylic acids is 1. The first kappa shape index (κ1) is 8.81. The molecule has 2 aliphatic rings. The maximum Gasteiger partial charge on any atom is 0.410 e. The summed E-state index contributed by atoms with van der Waals surface area (Å²) in [6, 6.07) is 0.863. The number of cyclic esters (lactones) is 1. The summed E-state index contributed by atoms with van der Waals surface area (Å²) >= 11 is 0. The van der Waals surface area contributed by atoms with Crippen molar-refractivity contribution in [2.75, 3.05) is 26.2 Å². The Morgan fingerprint density at radius 1 is 1.46 bits per heavy atom. The second-order valence-corrected chi connectivity index (χ2v) is 4.01. The average molecular weight is 184 g/mol. The molecule has 2 aliphatic heterocycles. The molecule has 1 atom stereocenters. The number of amides is 1. The van der Waals surface area contributed by atoms with Crippen molar-refractivity contribution in [2.24, 2.45) is 0 Å². The summed E-state index contributed by atoms with van der Waals surface area (Å²) in [5.74, 6) is 0. The van der Waals surface area contributed by atoms with Crippen molar-refractivity contribution in [1.82, 2.24) is 9.80 Å². The predicted molar refractivity (Wildman–Crippen MR) is 48.6 cm³/mol.